The fraction of sp³-hybridized carbons (Fsp3) is 0.583. The summed E-state index contributed by atoms with van der Waals surface area (Å²) in [5, 5.41) is 0. The van der Waals surface area contributed by atoms with Gasteiger partial charge in [-0.05, 0) is 26.2 Å². The molecule has 0 radical (unpaired) electrons. The van der Waals surface area contributed by atoms with Crippen LogP contribution in [0.15, 0.2) is 24.8 Å². The number of rotatable bonds is 8. The third kappa shape index (κ3) is 11.1. The molecule has 0 heterocycles. The van der Waals surface area contributed by atoms with Gasteiger partial charge in [0.05, 0.1) is 0 Å². The lowest BCUT2D eigenvalue weighted by atomic mass is 10.1. The molecule has 0 spiro atoms. The van der Waals surface area contributed by atoms with Gasteiger partial charge in [-0.25, -0.2) is 0 Å². The number of hydrogen-bond acceptors (Lipinski definition) is 1. The van der Waals surface area contributed by atoms with Crippen LogP contribution in [0.2, 0.25) is 0 Å². The maximum absolute atomic E-state index is 10.6. The zero-order chi connectivity index (χ0) is 9.94. The van der Waals surface area contributed by atoms with E-state index in [1.165, 1.54) is 19.3 Å². The van der Waals surface area contributed by atoms with E-state index in [9.17, 15) is 4.79 Å². The first kappa shape index (κ1) is 12.2. The van der Waals surface area contributed by atoms with Crippen molar-refractivity contribution in [3.63, 3.8) is 0 Å². The van der Waals surface area contributed by atoms with E-state index in [-0.39, 0.29) is 0 Å². The van der Waals surface area contributed by atoms with Crippen molar-refractivity contribution in [2.75, 3.05) is 0 Å². The molecule has 0 aromatic carbocycles. The van der Waals surface area contributed by atoms with E-state index < -0.39 is 0 Å². The van der Waals surface area contributed by atoms with Gasteiger partial charge in [0.25, 0.3) is 0 Å². The summed E-state index contributed by atoms with van der Waals surface area (Å²) in [6.07, 6.45) is 12.5. The first-order valence-electron chi connectivity index (χ1n) is 5.04. The van der Waals surface area contributed by atoms with Crippen molar-refractivity contribution in [3.8, 4) is 0 Å². The van der Waals surface area contributed by atoms with Crippen molar-refractivity contribution in [1.82, 2.24) is 0 Å². The lowest BCUT2D eigenvalue weighted by Gasteiger charge is -1.96. The summed E-state index contributed by atoms with van der Waals surface area (Å²) in [5.41, 5.74) is 0. The number of carbonyl (C=O) groups excluding carboxylic acids is 1. The third-order valence-electron chi connectivity index (χ3n) is 1.92. The minimum Gasteiger partial charge on any atom is -0.300 e. The highest BCUT2D eigenvalue weighted by molar-refractivity contribution is 5.75. The largest absolute Gasteiger partial charge is 0.300 e. The van der Waals surface area contributed by atoms with Crippen LogP contribution in [0.25, 0.3) is 0 Å². The highest BCUT2D eigenvalue weighted by Gasteiger charge is 1.92. The van der Waals surface area contributed by atoms with E-state index in [2.05, 4.69) is 12.7 Å². The van der Waals surface area contributed by atoms with E-state index in [1.54, 1.807) is 13.0 Å². The molecule has 74 valence electrons. The zero-order valence-corrected chi connectivity index (χ0v) is 8.59. The summed E-state index contributed by atoms with van der Waals surface area (Å²) < 4.78 is 0. The maximum atomic E-state index is 10.6. The van der Waals surface area contributed by atoms with Crippen LogP contribution in [0.4, 0.5) is 0 Å². The Labute approximate surface area is 81.5 Å². The first-order chi connectivity index (χ1) is 6.27. The quantitative estimate of drug-likeness (QED) is 0.411. The van der Waals surface area contributed by atoms with Gasteiger partial charge in [0.15, 0.2) is 0 Å². The van der Waals surface area contributed by atoms with Gasteiger partial charge < -0.3 is 4.79 Å². The number of Topliss-reactive ketones (excluding diaryl/α,β-unsaturated/α-hetero) is 1. The summed E-state index contributed by atoms with van der Waals surface area (Å²) in [6, 6.07) is 0. The summed E-state index contributed by atoms with van der Waals surface area (Å²) in [4.78, 5) is 10.6. The lowest BCUT2D eigenvalue weighted by molar-refractivity contribution is -0.117. The van der Waals surface area contributed by atoms with Gasteiger partial charge in [-0.2, -0.15) is 0 Å². The van der Waals surface area contributed by atoms with E-state index in [4.69, 9.17) is 0 Å². The highest BCUT2D eigenvalue weighted by Crippen LogP contribution is 2.05. The van der Waals surface area contributed by atoms with Crippen molar-refractivity contribution in [2.45, 2.75) is 45.4 Å². The van der Waals surface area contributed by atoms with Gasteiger partial charge in [-0.3, -0.25) is 0 Å². The van der Waals surface area contributed by atoms with Crippen LogP contribution in [-0.4, -0.2) is 5.78 Å². The standard InChI is InChI=1S/C12H20O/c1-3-4-5-6-7-8-9-10-11-12(2)13/h3-5H,1,6-11H2,2H3. The normalized spacial score (nSPS) is 10.5. The molecule has 1 heteroatoms. The highest BCUT2D eigenvalue weighted by atomic mass is 16.1. The smallest absolute Gasteiger partial charge is 0.129 e. The molecule has 0 saturated heterocycles. The summed E-state index contributed by atoms with van der Waals surface area (Å²) in [6.45, 7) is 5.26. The van der Waals surface area contributed by atoms with Crippen LogP contribution in [0, 0.1) is 0 Å². The molecule has 0 aliphatic carbocycles. The van der Waals surface area contributed by atoms with Crippen LogP contribution in [0.5, 0.6) is 0 Å². The summed E-state index contributed by atoms with van der Waals surface area (Å²) >= 11 is 0. The zero-order valence-electron chi connectivity index (χ0n) is 8.59. The van der Waals surface area contributed by atoms with Crippen molar-refractivity contribution in [2.24, 2.45) is 0 Å². The Kier molecular flexibility index (Phi) is 8.64. The molecule has 0 fully saturated rings. The molecule has 0 aliphatic rings. The molecule has 0 aromatic rings. The molecule has 0 aliphatic heterocycles. The Hall–Kier alpha value is -0.850. The topological polar surface area (TPSA) is 17.1 Å². The fourth-order valence-electron chi connectivity index (χ4n) is 1.18. The van der Waals surface area contributed by atoms with Crippen molar-refractivity contribution in [1.29, 1.82) is 0 Å². The molecule has 0 amide bonds. The monoisotopic (exact) mass is 180 g/mol. The molecule has 13 heavy (non-hydrogen) atoms. The molecule has 0 bridgehead atoms. The van der Waals surface area contributed by atoms with Crippen LogP contribution < -0.4 is 0 Å². The number of hydrogen-bond donors (Lipinski definition) is 0. The number of allylic oxidation sites excluding steroid dienone is 3. The Morgan fingerprint density at radius 3 is 2.54 bits per heavy atom. The average Bonchev–Trinajstić information content (AvgIpc) is 2.09. The predicted molar refractivity (Wildman–Crippen MR) is 57.7 cm³/mol. The van der Waals surface area contributed by atoms with Gasteiger partial charge in [-0.15, -0.1) is 0 Å². The van der Waals surface area contributed by atoms with Crippen LogP contribution in [0.1, 0.15) is 45.4 Å². The lowest BCUT2D eigenvalue weighted by Crippen LogP contribution is -1.88. The van der Waals surface area contributed by atoms with Gasteiger partial charge in [0, 0.05) is 6.42 Å². The third-order valence-corrected chi connectivity index (χ3v) is 1.92. The van der Waals surface area contributed by atoms with Gasteiger partial charge in [0.1, 0.15) is 5.78 Å². The Morgan fingerprint density at radius 1 is 1.23 bits per heavy atom. The van der Waals surface area contributed by atoms with Crippen molar-refractivity contribution in [3.05, 3.63) is 24.8 Å². The minimum absolute atomic E-state index is 0.312. The fourth-order valence-corrected chi connectivity index (χ4v) is 1.18. The summed E-state index contributed by atoms with van der Waals surface area (Å²) in [7, 11) is 0. The Morgan fingerprint density at radius 2 is 1.92 bits per heavy atom. The first-order valence-corrected chi connectivity index (χ1v) is 5.04. The average molecular weight is 180 g/mol. The number of ketones is 1. The van der Waals surface area contributed by atoms with E-state index in [0.717, 1.165) is 19.3 Å². The molecule has 0 atom stereocenters. The Bertz CT molecular complexity index is 168. The van der Waals surface area contributed by atoms with Crippen LogP contribution in [-0.2, 0) is 4.79 Å². The van der Waals surface area contributed by atoms with E-state index in [0.29, 0.717) is 5.78 Å². The second-order valence-electron chi connectivity index (χ2n) is 3.32. The second-order valence-corrected chi connectivity index (χ2v) is 3.32. The molecule has 0 saturated carbocycles. The van der Waals surface area contributed by atoms with Crippen LogP contribution in [0.3, 0.4) is 0 Å². The SMILES string of the molecule is C=CC=CCCCCCCC(C)=O. The number of carbonyl (C=O) groups is 1. The number of unbranched alkanes of at least 4 members (excludes halogenated alkanes) is 4. The molecule has 0 aromatic heterocycles. The second kappa shape index (κ2) is 9.24. The van der Waals surface area contributed by atoms with Gasteiger partial charge >= 0.3 is 0 Å². The minimum atomic E-state index is 0.312. The predicted octanol–water partition coefficient (Wildman–Crippen LogP) is 3.66. The molecule has 0 unspecified atom stereocenters. The van der Waals surface area contributed by atoms with E-state index in [1.807, 2.05) is 6.08 Å². The van der Waals surface area contributed by atoms with Crippen LogP contribution >= 0.6 is 0 Å². The Balaban J connectivity index is 3.03. The van der Waals surface area contributed by atoms with Crippen molar-refractivity contribution < 1.29 is 4.79 Å². The maximum Gasteiger partial charge on any atom is 0.129 e. The molecular formula is C12H20O. The van der Waals surface area contributed by atoms with Gasteiger partial charge in [-0.1, -0.05) is 37.6 Å². The van der Waals surface area contributed by atoms with Gasteiger partial charge in [0.2, 0.25) is 0 Å². The van der Waals surface area contributed by atoms with Crippen molar-refractivity contribution >= 4 is 5.78 Å². The summed E-state index contributed by atoms with van der Waals surface area (Å²) in [5.74, 6) is 0.312. The molecule has 0 rings (SSSR count). The molecule has 1 nitrogen and oxygen atoms in total. The molecule has 0 N–H and O–H groups in total. The van der Waals surface area contributed by atoms with E-state index >= 15 is 0 Å². The molecular weight excluding hydrogens is 160 g/mol.